The highest BCUT2D eigenvalue weighted by Crippen LogP contribution is 2.19. The lowest BCUT2D eigenvalue weighted by Crippen LogP contribution is -2.16. The van der Waals surface area contributed by atoms with E-state index in [1.165, 1.54) is 22.7 Å². The van der Waals surface area contributed by atoms with E-state index in [2.05, 4.69) is 15.6 Å². The molecule has 0 unspecified atom stereocenters. The number of carbonyl (C=O) groups excluding carboxylic acids is 3. The molecule has 2 N–H and O–H groups in total. The van der Waals surface area contributed by atoms with Crippen molar-refractivity contribution in [2.24, 2.45) is 0 Å². The zero-order chi connectivity index (χ0) is 22.3. The molecule has 6 nitrogen and oxygen atoms in total. The number of amides is 2. The standard InChI is InChI=1S/C24H19N3O3S2/c28-21(13-19-15-32-24(26-19)27-22(29)14-20-10-5-11-31-20)25-18-9-4-8-17(12-18)23(30)16-6-2-1-3-7-16/h1-12,15H,13-14H2,(H,25,28)(H,26,27,29). The van der Waals surface area contributed by atoms with Gasteiger partial charge in [-0.05, 0) is 23.6 Å². The quantitative estimate of drug-likeness (QED) is 0.369. The Hall–Kier alpha value is -3.62. The van der Waals surface area contributed by atoms with Crippen LogP contribution in [0.3, 0.4) is 0 Å². The number of carbonyl (C=O) groups is 3. The first-order chi connectivity index (χ1) is 15.6. The van der Waals surface area contributed by atoms with Crippen molar-refractivity contribution in [1.82, 2.24) is 4.98 Å². The van der Waals surface area contributed by atoms with E-state index in [4.69, 9.17) is 0 Å². The van der Waals surface area contributed by atoms with Crippen LogP contribution in [0, 0.1) is 0 Å². The highest BCUT2D eigenvalue weighted by molar-refractivity contribution is 7.14. The average Bonchev–Trinajstić information content (AvgIpc) is 3.46. The van der Waals surface area contributed by atoms with Crippen LogP contribution in [0.4, 0.5) is 10.8 Å². The van der Waals surface area contributed by atoms with E-state index < -0.39 is 0 Å². The lowest BCUT2D eigenvalue weighted by atomic mass is 10.0. The largest absolute Gasteiger partial charge is 0.326 e. The van der Waals surface area contributed by atoms with Crippen molar-refractivity contribution in [3.05, 3.63) is 99.2 Å². The first kappa shape index (κ1) is 21.6. The molecule has 2 aromatic carbocycles. The van der Waals surface area contributed by atoms with Crippen LogP contribution in [0.1, 0.15) is 26.5 Å². The van der Waals surface area contributed by atoms with Crippen LogP contribution in [0.2, 0.25) is 0 Å². The van der Waals surface area contributed by atoms with Crippen LogP contribution < -0.4 is 10.6 Å². The van der Waals surface area contributed by atoms with Crippen molar-refractivity contribution in [2.45, 2.75) is 12.8 Å². The van der Waals surface area contributed by atoms with Crippen molar-refractivity contribution < 1.29 is 14.4 Å². The Labute approximate surface area is 193 Å². The minimum Gasteiger partial charge on any atom is -0.326 e. The maximum atomic E-state index is 12.6. The van der Waals surface area contributed by atoms with Gasteiger partial charge in [0.15, 0.2) is 10.9 Å². The normalized spacial score (nSPS) is 10.5. The Morgan fingerprint density at radius 2 is 1.56 bits per heavy atom. The summed E-state index contributed by atoms with van der Waals surface area (Å²) in [5.74, 6) is -0.502. The van der Waals surface area contributed by atoms with Crippen LogP contribution in [0.25, 0.3) is 0 Å². The number of nitrogens with one attached hydrogen (secondary N) is 2. The molecule has 0 spiro atoms. The first-order valence-electron chi connectivity index (χ1n) is 9.83. The van der Waals surface area contributed by atoms with Gasteiger partial charge in [0.05, 0.1) is 18.5 Å². The molecule has 4 aromatic rings. The Morgan fingerprint density at radius 1 is 0.781 bits per heavy atom. The highest BCUT2D eigenvalue weighted by atomic mass is 32.1. The number of benzene rings is 2. The molecule has 0 aliphatic rings. The van der Waals surface area contributed by atoms with E-state index in [0.29, 0.717) is 34.1 Å². The van der Waals surface area contributed by atoms with Gasteiger partial charge in [-0.3, -0.25) is 14.4 Å². The minimum absolute atomic E-state index is 0.0636. The summed E-state index contributed by atoms with van der Waals surface area (Å²) in [6.45, 7) is 0. The summed E-state index contributed by atoms with van der Waals surface area (Å²) >= 11 is 2.80. The third-order valence-electron chi connectivity index (χ3n) is 4.50. The maximum absolute atomic E-state index is 12.6. The molecule has 4 rings (SSSR count). The second-order valence-corrected chi connectivity index (χ2v) is 8.84. The van der Waals surface area contributed by atoms with Gasteiger partial charge in [-0.25, -0.2) is 4.98 Å². The second-order valence-electron chi connectivity index (χ2n) is 6.95. The average molecular weight is 462 g/mol. The summed E-state index contributed by atoms with van der Waals surface area (Å²) in [7, 11) is 0. The SMILES string of the molecule is O=C(Cc1csc(NC(=O)Cc2cccs2)n1)Nc1cccc(C(=O)c2ccccc2)c1. The van der Waals surface area contributed by atoms with Crippen LogP contribution in [-0.2, 0) is 22.4 Å². The molecule has 2 heterocycles. The highest BCUT2D eigenvalue weighted by Gasteiger charge is 2.13. The molecular weight excluding hydrogens is 442 g/mol. The summed E-state index contributed by atoms with van der Waals surface area (Å²) in [5, 5.41) is 9.70. The van der Waals surface area contributed by atoms with Crippen LogP contribution >= 0.6 is 22.7 Å². The molecule has 0 aliphatic carbocycles. The van der Waals surface area contributed by atoms with Gasteiger partial charge in [0, 0.05) is 27.1 Å². The van der Waals surface area contributed by atoms with Gasteiger partial charge in [-0.15, -0.1) is 22.7 Å². The molecule has 0 aliphatic heterocycles. The van der Waals surface area contributed by atoms with E-state index in [9.17, 15) is 14.4 Å². The van der Waals surface area contributed by atoms with Gasteiger partial charge in [0.2, 0.25) is 11.8 Å². The van der Waals surface area contributed by atoms with Crippen molar-refractivity contribution in [3.8, 4) is 0 Å². The predicted octanol–water partition coefficient (Wildman–Crippen LogP) is 4.80. The molecule has 0 saturated carbocycles. The van der Waals surface area contributed by atoms with Crippen molar-refractivity contribution in [1.29, 1.82) is 0 Å². The zero-order valence-electron chi connectivity index (χ0n) is 16.9. The van der Waals surface area contributed by atoms with Gasteiger partial charge in [0.1, 0.15) is 0 Å². The molecular formula is C24H19N3O3S2. The molecule has 0 bridgehead atoms. The third kappa shape index (κ3) is 5.75. The summed E-state index contributed by atoms with van der Waals surface area (Å²) in [4.78, 5) is 42.5. The van der Waals surface area contributed by atoms with E-state index in [1.54, 1.807) is 41.8 Å². The molecule has 32 heavy (non-hydrogen) atoms. The fourth-order valence-corrected chi connectivity index (χ4v) is 4.47. The van der Waals surface area contributed by atoms with Crippen molar-refractivity contribution in [3.63, 3.8) is 0 Å². The summed E-state index contributed by atoms with van der Waals surface area (Å²) in [5.41, 5.74) is 2.19. The van der Waals surface area contributed by atoms with E-state index in [-0.39, 0.29) is 24.0 Å². The Kier molecular flexibility index (Phi) is 6.84. The maximum Gasteiger partial charge on any atom is 0.231 e. The van der Waals surface area contributed by atoms with Gasteiger partial charge < -0.3 is 10.6 Å². The number of thiophene rings is 1. The number of hydrogen-bond donors (Lipinski definition) is 2. The molecule has 0 radical (unpaired) electrons. The summed E-state index contributed by atoms with van der Waals surface area (Å²) in [6.07, 6.45) is 0.360. The molecule has 8 heteroatoms. The molecule has 0 atom stereocenters. The Morgan fingerprint density at radius 3 is 2.34 bits per heavy atom. The molecule has 0 fully saturated rings. The van der Waals surface area contributed by atoms with Gasteiger partial charge >= 0.3 is 0 Å². The second kappa shape index (κ2) is 10.1. The van der Waals surface area contributed by atoms with Crippen LogP contribution in [0.5, 0.6) is 0 Å². The number of nitrogens with zero attached hydrogens (tertiary/aromatic N) is 1. The Balaban J connectivity index is 1.33. The van der Waals surface area contributed by atoms with Crippen molar-refractivity contribution >= 4 is 51.1 Å². The number of ketones is 1. The zero-order valence-corrected chi connectivity index (χ0v) is 18.5. The van der Waals surface area contributed by atoms with E-state index in [0.717, 1.165) is 4.88 Å². The van der Waals surface area contributed by atoms with Crippen molar-refractivity contribution in [2.75, 3.05) is 10.6 Å². The summed E-state index contributed by atoms with van der Waals surface area (Å²) in [6, 6.07) is 19.6. The van der Waals surface area contributed by atoms with E-state index in [1.807, 2.05) is 35.7 Å². The smallest absolute Gasteiger partial charge is 0.231 e. The fraction of sp³-hybridized carbons (Fsp3) is 0.0833. The minimum atomic E-state index is -0.254. The van der Waals surface area contributed by atoms with Gasteiger partial charge in [-0.1, -0.05) is 48.5 Å². The molecule has 0 saturated heterocycles. The molecule has 2 aromatic heterocycles. The molecule has 160 valence electrons. The lowest BCUT2D eigenvalue weighted by molar-refractivity contribution is -0.116. The number of thiazole rings is 1. The monoisotopic (exact) mass is 461 g/mol. The first-order valence-corrected chi connectivity index (χ1v) is 11.6. The van der Waals surface area contributed by atoms with Gasteiger partial charge in [0.25, 0.3) is 0 Å². The van der Waals surface area contributed by atoms with Gasteiger partial charge in [-0.2, -0.15) is 0 Å². The number of anilines is 2. The number of hydrogen-bond acceptors (Lipinski definition) is 6. The summed E-state index contributed by atoms with van der Waals surface area (Å²) < 4.78 is 0. The predicted molar refractivity (Wildman–Crippen MR) is 127 cm³/mol. The molecule has 2 amide bonds. The fourth-order valence-electron chi connectivity index (χ4n) is 3.04. The number of rotatable bonds is 8. The lowest BCUT2D eigenvalue weighted by Gasteiger charge is -2.07. The van der Waals surface area contributed by atoms with Crippen LogP contribution in [0.15, 0.2) is 77.5 Å². The number of aromatic nitrogens is 1. The third-order valence-corrected chi connectivity index (χ3v) is 6.18. The topological polar surface area (TPSA) is 88.2 Å². The van der Waals surface area contributed by atoms with E-state index >= 15 is 0 Å². The Bertz CT molecular complexity index is 1230. The van der Waals surface area contributed by atoms with Crippen LogP contribution in [-0.4, -0.2) is 22.6 Å².